The van der Waals surface area contributed by atoms with Crippen LogP contribution in [-0.4, -0.2) is 46.2 Å². The molecular formula is C13H16ClN5O. The molecule has 106 valence electrons. The summed E-state index contributed by atoms with van der Waals surface area (Å²) in [5, 5.41) is 4.63. The number of halogens is 1. The molecule has 0 N–H and O–H groups in total. The molecule has 0 radical (unpaired) electrons. The average Bonchev–Trinajstić information content (AvgIpc) is 2.86. The number of aryl methyl sites for hydroxylation is 1. The first-order chi connectivity index (χ1) is 9.72. The smallest absolute Gasteiger partial charge is 0.150 e. The Bertz CT molecular complexity index is 580. The van der Waals surface area contributed by atoms with Crippen LogP contribution in [0.15, 0.2) is 23.1 Å². The first-order valence-electron chi connectivity index (χ1n) is 6.57. The molecular weight excluding hydrogens is 278 g/mol. The van der Waals surface area contributed by atoms with E-state index in [4.69, 9.17) is 16.1 Å². The van der Waals surface area contributed by atoms with E-state index in [9.17, 15) is 0 Å². The van der Waals surface area contributed by atoms with Gasteiger partial charge in [-0.1, -0.05) is 16.8 Å². The summed E-state index contributed by atoms with van der Waals surface area (Å²) in [6.07, 6.45) is 3.17. The standard InChI is InChI=1S/C13H16ClN5O/c1-10-6-11(17-20-10)8-18-2-4-19(5-3-18)13-12(14)7-15-9-16-13/h6-7,9H,2-5,8H2,1H3. The van der Waals surface area contributed by atoms with Gasteiger partial charge < -0.3 is 9.42 Å². The van der Waals surface area contributed by atoms with E-state index in [0.717, 1.165) is 50.0 Å². The first-order valence-corrected chi connectivity index (χ1v) is 6.95. The number of nitrogens with zero attached hydrogens (tertiary/aromatic N) is 5. The highest BCUT2D eigenvalue weighted by atomic mass is 35.5. The second kappa shape index (κ2) is 5.76. The van der Waals surface area contributed by atoms with Gasteiger partial charge in [0.25, 0.3) is 0 Å². The van der Waals surface area contributed by atoms with E-state index >= 15 is 0 Å². The Morgan fingerprint density at radius 2 is 2.10 bits per heavy atom. The Morgan fingerprint density at radius 3 is 2.75 bits per heavy atom. The summed E-state index contributed by atoms with van der Waals surface area (Å²) in [6, 6.07) is 1.98. The molecule has 1 aliphatic heterocycles. The van der Waals surface area contributed by atoms with Crippen LogP contribution >= 0.6 is 11.6 Å². The van der Waals surface area contributed by atoms with Gasteiger partial charge in [-0.2, -0.15) is 0 Å². The number of aromatic nitrogens is 3. The molecule has 0 atom stereocenters. The Balaban J connectivity index is 1.58. The number of piperazine rings is 1. The molecule has 0 aromatic carbocycles. The molecule has 0 amide bonds. The van der Waals surface area contributed by atoms with Crippen molar-refractivity contribution in [1.82, 2.24) is 20.0 Å². The fraction of sp³-hybridized carbons (Fsp3) is 0.462. The number of rotatable bonds is 3. The average molecular weight is 294 g/mol. The molecule has 6 nitrogen and oxygen atoms in total. The predicted molar refractivity (Wildman–Crippen MR) is 75.8 cm³/mol. The van der Waals surface area contributed by atoms with Gasteiger partial charge in [0.15, 0.2) is 5.82 Å². The minimum Gasteiger partial charge on any atom is -0.361 e. The van der Waals surface area contributed by atoms with Crippen LogP contribution in [0.5, 0.6) is 0 Å². The van der Waals surface area contributed by atoms with Crippen LogP contribution in [0.3, 0.4) is 0 Å². The molecule has 0 spiro atoms. The second-order valence-electron chi connectivity index (χ2n) is 4.89. The minimum atomic E-state index is 0.605. The SMILES string of the molecule is Cc1cc(CN2CCN(c3ncncc3Cl)CC2)no1. The van der Waals surface area contributed by atoms with Gasteiger partial charge in [0.05, 0.1) is 11.9 Å². The maximum Gasteiger partial charge on any atom is 0.150 e. The number of hydrogen-bond acceptors (Lipinski definition) is 6. The molecule has 20 heavy (non-hydrogen) atoms. The van der Waals surface area contributed by atoms with E-state index in [-0.39, 0.29) is 0 Å². The zero-order valence-corrected chi connectivity index (χ0v) is 12.0. The van der Waals surface area contributed by atoms with E-state index in [1.807, 2.05) is 13.0 Å². The molecule has 7 heteroatoms. The lowest BCUT2D eigenvalue weighted by Crippen LogP contribution is -2.46. The van der Waals surface area contributed by atoms with Gasteiger partial charge in [0.2, 0.25) is 0 Å². The van der Waals surface area contributed by atoms with Gasteiger partial charge in [0, 0.05) is 38.8 Å². The second-order valence-corrected chi connectivity index (χ2v) is 5.29. The van der Waals surface area contributed by atoms with Crippen LogP contribution in [0.1, 0.15) is 11.5 Å². The van der Waals surface area contributed by atoms with Crippen LogP contribution in [0.4, 0.5) is 5.82 Å². The van der Waals surface area contributed by atoms with Gasteiger partial charge in [-0.05, 0) is 6.92 Å². The minimum absolute atomic E-state index is 0.605. The van der Waals surface area contributed by atoms with E-state index in [1.165, 1.54) is 6.33 Å². The number of hydrogen-bond donors (Lipinski definition) is 0. The van der Waals surface area contributed by atoms with Gasteiger partial charge in [-0.25, -0.2) is 9.97 Å². The van der Waals surface area contributed by atoms with Crippen molar-refractivity contribution in [1.29, 1.82) is 0 Å². The van der Waals surface area contributed by atoms with Crippen molar-refractivity contribution in [3.63, 3.8) is 0 Å². The summed E-state index contributed by atoms with van der Waals surface area (Å²) in [6.45, 7) is 6.42. The largest absolute Gasteiger partial charge is 0.361 e. The third kappa shape index (κ3) is 2.91. The van der Waals surface area contributed by atoms with Gasteiger partial charge >= 0.3 is 0 Å². The summed E-state index contributed by atoms with van der Waals surface area (Å²) in [5.74, 6) is 1.67. The van der Waals surface area contributed by atoms with Crippen molar-refractivity contribution in [2.45, 2.75) is 13.5 Å². The van der Waals surface area contributed by atoms with Gasteiger partial charge in [-0.3, -0.25) is 4.90 Å². The van der Waals surface area contributed by atoms with E-state index in [2.05, 4.69) is 24.9 Å². The maximum absolute atomic E-state index is 6.12. The molecule has 3 heterocycles. The fourth-order valence-corrected chi connectivity index (χ4v) is 2.60. The zero-order valence-electron chi connectivity index (χ0n) is 11.3. The van der Waals surface area contributed by atoms with E-state index in [1.54, 1.807) is 6.20 Å². The summed E-state index contributed by atoms with van der Waals surface area (Å²) in [4.78, 5) is 12.7. The van der Waals surface area contributed by atoms with Crippen LogP contribution in [-0.2, 0) is 6.54 Å². The van der Waals surface area contributed by atoms with Crippen LogP contribution in [0.2, 0.25) is 5.02 Å². The molecule has 0 unspecified atom stereocenters. The Labute approximate surface area is 122 Å². The van der Waals surface area contributed by atoms with Gasteiger partial charge in [0.1, 0.15) is 17.1 Å². The lowest BCUT2D eigenvalue weighted by molar-refractivity contribution is 0.241. The van der Waals surface area contributed by atoms with Crippen LogP contribution < -0.4 is 4.90 Å². The van der Waals surface area contributed by atoms with E-state index < -0.39 is 0 Å². The highest BCUT2D eigenvalue weighted by Gasteiger charge is 2.20. The van der Waals surface area contributed by atoms with Crippen molar-refractivity contribution in [3.05, 3.63) is 35.1 Å². The molecule has 0 saturated carbocycles. The first kappa shape index (κ1) is 13.3. The molecule has 0 bridgehead atoms. The normalized spacial score (nSPS) is 16.6. The molecule has 1 fully saturated rings. The molecule has 1 saturated heterocycles. The molecule has 1 aliphatic rings. The Morgan fingerprint density at radius 1 is 1.30 bits per heavy atom. The third-order valence-electron chi connectivity index (χ3n) is 3.38. The topological polar surface area (TPSA) is 58.3 Å². The molecule has 3 rings (SSSR count). The van der Waals surface area contributed by atoms with Crippen molar-refractivity contribution in [2.24, 2.45) is 0 Å². The van der Waals surface area contributed by atoms with Crippen molar-refractivity contribution in [2.75, 3.05) is 31.1 Å². The monoisotopic (exact) mass is 293 g/mol. The van der Waals surface area contributed by atoms with Crippen LogP contribution in [0, 0.1) is 6.92 Å². The van der Waals surface area contributed by atoms with Crippen molar-refractivity contribution >= 4 is 17.4 Å². The molecule has 2 aromatic heterocycles. The lowest BCUT2D eigenvalue weighted by Gasteiger charge is -2.35. The summed E-state index contributed by atoms with van der Waals surface area (Å²) in [5.41, 5.74) is 0.982. The number of anilines is 1. The maximum atomic E-state index is 6.12. The fourth-order valence-electron chi connectivity index (χ4n) is 2.38. The van der Waals surface area contributed by atoms with Crippen LogP contribution in [0.25, 0.3) is 0 Å². The molecule has 2 aromatic rings. The summed E-state index contributed by atoms with van der Waals surface area (Å²) in [7, 11) is 0. The van der Waals surface area contributed by atoms with Crippen molar-refractivity contribution < 1.29 is 4.52 Å². The highest BCUT2D eigenvalue weighted by molar-refractivity contribution is 6.32. The van der Waals surface area contributed by atoms with Gasteiger partial charge in [-0.15, -0.1) is 0 Å². The summed E-state index contributed by atoms with van der Waals surface area (Å²) < 4.78 is 5.09. The molecule has 0 aliphatic carbocycles. The van der Waals surface area contributed by atoms with E-state index in [0.29, 0.717) is 5.02 Å². The summed E-state index contributed by atoms with van der Waals surface area (Å²) >= 11 is 6.12. The zero-order chi connectivity index (χ0) is 13.9. The third-order valence-corrected chi connectivity index (χ3v) is 3.65. The predicted octanol–water partition coefficient (Wildman–Crippen LogP) is 1.75. The van der Waals surface area contributed by atoms with Crippen molar-refractivity contribution in [3.8, 4) is 0 Å². The lowest BCUT2D eigenvalue weighted by atomic mass is 10.2. The Hall–Kier alpha value is -1.66. The highest BCUT2D eigenvalue weighted by Crippen LogP contribution is 2.22. The quantitative estimate of drug-likeness (QED) is 0.859. The Kier molecular flexibility index (Phi) is 3.84.